The van der Waals surface area contributed by atoms with Crippen LogP contribution in [0.3, 0.4) is 0 Å². The zero-order chi connectivity index (χ0) is 19.4. The highest BCUT2D eigenvalue weighted by molar-refractivity contribution is 7.99. The first-order valence-electron chi connectivity index (χ1n) is 7.92. The Bertz CT molecular complexity index is 1030. The summed E-state index contributed by atoms with van der Waals surface area (Å²) < 4.78 is 15.3. The van der Waals surface area contributed by atoms with Crippen LogP contribution < -0.4 is 5.32 Å². The fourth-order valence-electron chi connectivity index (χ4n) is 2.53. The first kappa shape index (κ1) is 18.6. The number of anilines is 1. The number of carbonyl (C=O) groups is 1. The molecule has 3 aromatic rings. The Balaban J connectivity index is 1.72. The number of allylic oxidation sites excluding steroid dienone is 1. The fourth-order valence-corrected chi connectivity index (χ4v) is 3.35. The van der Waals surface area contributed by atoms with Crippen LogP contribution in [0, 0.1) is 15.9 Å². The maximum atomic E-state index is 13.4. The first-order chi connectivity index (χ1) is 13.0. The Hall–Kier alpha value is -3.20. The quantitative estimate of drug-likeness (QED) is 0.287. The summed E-state index contributed by atoms with van der Waals surface area (Å²) >= 11 is 1.24. The molecule has 0 aliphatic heterocycles. The lowest BCUT2D eigenvalue weighted by Crippen LogP contribution is -2.15. The van der Waals surface area contributed by atoms with Crippen molar-refractivity contribution in [2.24, 2.45) is 0 Å². The lowest BCUT2D eigenvalue weighted by Gasteiger charge is -2.07. The molecule has 0 spiro atoms. The summed E-state index contributed by atoms with van der Waals surface area (Å²) in [5.41, 5.74) is 1.23. The number of nitro benzene ring substituents is 1. The van der Waals surface area contributed by atoms with Crippen LogP contribution in [0.5, 0.6) is 0 Å². The number of amides is 1. The molecule has 0 radical (unpaired) electrons. The maximum absolute atomic E-state index is 13.4. The van der Waals surface area contributed by atoms with Crippen LogP contribution in [-0.4, -0.2) is 26.1 Å². The van der Waals surface area contributed by atoms with Crippen molar-refractivity contribution in [3.8, 4) is 0 Å². The van der Waals surface area contributed by atoms with Gasteiger partial charge in [0.1, 0.15) is 0 Å². The lowest BCUT2D eigenvalue weighted by molar-refractivity contribution is -0.387. The molecule has 0 saturated heterocycles. The number of nitrogens with zero attached hydrogens (tertiary/aromatic N) is 3. The Kier molecular flexibility index (Phi) is 5.51. The summed E-state index contributed by atoms with van der Waals surface area (Å²) in [6.45, 7) is 4.29. The highest BCUT2D eigenvalue weighted by Gasteiger charge is 2.16. The van der Waals surface area contributed by atoms with Gasteiger partial charge >= 0.3 is 5.69 Å². The topological polar surface area (TPSA) is 90.1 Å². The van der Waals surface area contributed by atoms with Crippen LogP contribution in [0.15, 0.2) is 60.3 Å². The van der Waals surface area contributed by atoms with Crippen LogP contribution in [0.25, 0.3) is 11.0 Å². The minimum absolute atomic E-state index is 0.0473. The fraction of sp³-hybridized carbons (Fsp3) is 0.111. The van der Waals surface area contributed by atoms with E-state index >= 15 is 0 Å². The monoisotopic (exact) mass is 386 g/mol. The van der Waals surface area contributed by atoms with E-state index < -0.39 is 16.4 Å². The van der Waals surface area contributed by atoms with Crippen molar-refractivity contribution >= 4 is 40.1 Å². The SMILES string of the molecule is C=CCn1c(SCC(=O)Nc2ccc(F)c([N+](=O)[O-])c2)nc2ccccc21. The Labute approximate surface area is 158 Å². The summed E-state index contributed by atoms with van der Waals surface area (Å²) in [5, 5.41) is 14.0. The minimum atomic E-state index is -0.953. The third-order valence-electron chi connectivity index (χ3n) is 3.69. The number of benzene rings is 2. The van der Waals surface area contributed by atoms with E-state index in [9.17, 15) is 19.3 Å². The van der Waals surface area contributed by atoms with Gasteiger partial charge in [0.05, 0.1) is 21.7 Å². The van der Waals surface area contributed by atoms with Crippen LogP contribution in [0.1, 0.15) is 0 Å². The van der Waals surface area contributed by atoms with Gasteiger partial charge in [-0.15, -0.1) is 6.58 Å². The smallest absolute Gasteiger partial charge is 0.306 e. The predicted octanol–water partition coefficient (Wildman–Crippen LogP) is 4.00. The van der Waals surface area contributed by atoms with Crippen LogP contribution in [0.2, 0.25) is 0 Å². The van der Waals surface area contributed by atoms with Crippen molar-refractivity contribution in [1.29, 1.82) is 0 Å². The molecule has 0 aliphatic rings. The number of nitro groups is 1. The maximum Gasteiger partial charge on any atom is 0.306 e. The minimum Gasteiger partial charge on any atom is -0.325 e. The van der Waals surface area contributed by atoms with Gasteiger partial charge < -0.3 is 9.88 Å². The first-order valence-corrected chi connectivity index (χ1v) is 8.91. The predicted molar refractivity (Wildman–Crippen MR) is 102 cm³/mol. The van der Waals surface area contributed by atoms with E-state index in [0.29, 0.717) is 11.7 Å². The highest BCUT2D eigenvalue weighted by atomic mass is 32.2. The number of imidazole rings is 1. The number of thioether (sulfide) groups is 1. The molecular formula is C18H15FN4O3S. The second-order valence-electron chi connectivity index (χ2n) is 5.54. The van der Waals surface area contributed by atoms with Crippen molar-refractivity contribution in [2.75, 3.05) is 11.1 Å². The largest absolute Gasteiger partial charge is 0.325 e. The Morgan fingerprint density at radius 1 is 1.37 bits per heavy atom. The third-order valence-corrected chi connectivity index (χ3v) is 4.67. The molecule has 0 atom stereocenters. The van der Waals surface area contributed by atoms with Gasteiger partial charge in [-0.2, -0.15) is 4.39 Å². The van der Waals surface area contributed by atoms with E-state index in [1.165, 1.54) is 17.8 Å². The Morgan fingerprint density at radius 3 is 2.89 bits per heavy atom. The molecule has 0 saturated carbocycles. The molecule has 1 amide bonds. The van der Waals surface area contributed by atoms with E-state index in [0.717, 1.165) is 23.2 Å². The molecule has 0 bridgehead atoms. The number of aromatic nitrogens is 2. The third kappa shape index (κ3) is 4.14. The second-order valence-corrected chi connectivity index (χ2v) is 6.49. The molecule has 1 heterocycles. The van der Waals surface area contributed by atoms with E-state index in [1.54, 1.807) is 6.08 Å². The van der Waals surface area contributed by atoms with Gasteiger partial charge in [0.25, 0.3) is 0 Å². The van der Waals surface area contributed by atoms with Crippen molar-refractivity contribution in [3.63, 3.8) is 0 Å². The molecule has 1 aromatic heterocycles. The zero-order valence-electron chi connectivity index (χ0n) is 14.1. The normalized spacial score (nSPS) is 10.7. The number of fused-ring (bicyclic) bond motifs is 1. The molecule has 2 aromatic carbocycles. The average Bonchev–Trinajstić information content (AvgIpc) is 2.99. The van der Waals surface area contributed by atoms with Gasteiger partial charge in [-0.3, -0.25) is 14.9 Å². The van der Waals surface area contributed by atoms with Gasteiger partial charge in [-0.1, -0.05) is 30.0 Å². The van der Waals surface area contributed by atoms with Gasteiger partial charge in [-0.05, 0) is 24.3 Å². The number of nitrogens with one attached hydrogen (secondary N) is 1. The van der Waals surface area contributed by atoms with Gasteiger partial charge in [0, 0.05) is 18.3 Å². The molecule has 138 valence electrons. The van der Waals surface area contributed by atoms with E-state index in [4.69, 9.17) is 0 Å². The standard InChI is InChI=1S/C18H15FN4O3S/c1-2-9-22-15-6-4-3-5-14(15)21-18(22)27-11-17(24)20-12-7-8-13(19)16(10-12)23(25)26/h2-8,10H,1,9,11H2,(H,20,24). The van der Waals surface area contributed by atoms with Gasteiger partial charge in [0.15, 0.2) is 5.16 Å². The molecule has 3 rings (SSSR count). The lowest BCUT2D eigenvalue weighted by atomic mass is 10.2. The van der Waals surface area contributed by atoms with Crippen molar-refractivity contribution in [2.45, 2.75) is 11.7 Å². The molecule has 7 nitrogen and oxygen atoms in total. The number of rotatable bonds is 7. The van der Waals surface area contributed by atoms with Crippen LogP contribution in [-0.2, 0) is 11.3 Å². The van der Waals surface area contributed by atoms with E-state index in [2.05, 4.69) is 16.9 Å². The summed E-state index contributed by atoms with van der Waals surface area (Å²) in [4.78, 5) is 26.7. The molecular weight excluding hydrogens is 371 g/mol. The molecule has 0 fully saturated rings. The van der Waals surface area contributed by atoms with Gasteiger partial charge in [-0.25, -0.2) is 4.98 Å². The Morgan fingerprint density at radius 2 is 2.15 bits per heavy atom. The van der Waals surface area contributed by atoms with Crippen molar-refractivity contribution < 1.29 is 14.1 Å². The summed E-state index contributed by atoms with van der Waals surface area (Å²) in [5.74, 6) is -1.28. The molecule has 9 heteroatoms. The van der Waals surface area contributed by atoms with Crippen LogP contribution >= 0.6 is 11.8 Å². The zero-order valence-corrected chi connectivity index (χ0v) is 14.9. The molecule has 0 aliphatic carbocycles. The average molecular weight is 386 g/mol. The summed E-state index contributed by atoms with van der Waals surface area (Å²) in [7, 11) is 0. The van der Waals surface area contributed by atoms with Crippen molar-refractivity contribution in [1.82, 2.24) is 9.55 Å². The summed E-state index contributed by atoms with van der Waals surface area (Å²) in [6.07, 6.45) is 1.75. The van der Waals surface area contributed by atoms with Crippen molar-refractivity contribution in [3.05, 3.63) is 71.1 Å². The number of hydrogen-bond acceptors (Lipinski definition) is 5. The second kappa shape index (κ2) is 8.00. The highest BCUT2D eigenvalue weighted by Crippen LogP contribution is 2.25. The molecule has 27 heavy (non-hydrogen) atoms. The van der Waals surface area contributed by atoms with E-state index in [1.807, 2.05) is 28.8 Å². The van der Waals surface area contributed by atoms with E-state index in [-0.39, 0.29) is 17.3 Å². The van der Waals surface area contributed by atoms with Gasteiger partial charge in [0.2, 0.25) is 11.7 Å². The number of hydrogen-bond donors (Lipinski definition) is 1. The number of halogens is 1. The number of carbonyl (C=O) groups excluding carboxylic acids is 1. The molecule has 1 N–H and O–H groups in total. The summed E-state index contributed by atoms with van der Waals surface area (Å²) in [6, 6.07) is 10.8. The molecule has 0 unspecified atom stereocenters. The number of para-hydroxylation sites is 2. The van der Waals surface area contributed by atoms with Crippen LogP contribution in [0.4, 0.5) is 15.8 Å².